The Kier molecular flexibility index (Phi) is 5.47. The third-order valence-electron chi connectivity index (χ3n) is 4.71. The van der Waals surface area contributed by atoms with Crippen LogP contribution in [0.15, 0.2) is 23.5 Å². The first-order valence-electron chi connectivity index (χ1n) is 8.53. The summed E-state index contributed by atoms with van der Waals surface area (Å²) in [4.78, 5) is 17.2. The predicted molar refractivity (Wildman–Crippen MR) is 91.9 cm³/mol. The highest BCUT2D eigenvalue weighted by molar-refractivity contribution is 5.78. The summed E-state index contributed by atoms with van der Waals surface area (Å²) in [5, 5.41) is 10.4. The maximum atomic E-state index is 10.4. The minimum absolute atomic E-state index is 0.546. The SMILES string of the molecule is NC(=NCCC1(O)CCOCC1)N1CCN(c2ncccn2)CC1. The van der Waals surface area contributed by atoms with Crippen LogP contribution in [0.5, 0.6) is 0 Å². The van der Waals surface area contributed by atoms with Crippen molar-refractivity contribution in [3.8, 4) is 0 Å². The number of guanidine groups is 1. The number of aliphatic imine (C=N–C) groups is 1. The van der Waals surface area contributed by atoms with Crippen LogP contribution in [0.25, 0.3) is 0 Å². The first-order chi connectivity index (χ1) is 11.7. The van der Waals surface area contributed by atoms with Crippen LogP contribution < -0.4 is 10.6 Å². The normalized spacial score (nSPS) is 21.8. The average molecular weight is 334 g/mol. The maximum absolute atomic E-state index is 10.4. The summed E-state index contributed by atoms with van der Waals surface area (Å²) in [6.07, 6.45) is 5.50. The number of piperazine rings is 1. The zero-order chi connectivity index (χ0) is 16.8. The van der Waals surface area contributed by atoms with Gasteiger partial charge in [0.2, 0.25) is 5.95 Å². The van der Waals surface area contributed by atoms with Crippen molar-refractivity contribution in [1.29, 1.82) is 0 Å². The molecule has 24 heavy (non-hydrogen) atoms. The second-order valence-corrected chi connectivity index (χ2v) is 6.35. The summed E-state index contributed by atoms with van der Waals surface area (Å²) in [6, 6.07) is 1.82. The van der Waals surface area contributed by atoms with Gasteiger partial charge in [0, 0.05) is 58.3 Å². The molecule has 3 N–H and O–H groups in total. The number of nitrogens with two attached hydrogens (primary N) is 1. The Balaban J connectivity index is 1.45. The van der Waals surface area contributed by atoms with Crippen LogP contribution in [-0.4, -0.2) is 77.5 Å². The van der Waals surface area contributed by atoms with Gasteiger partial charge in [-0.05, 0) is 25.3 Å². The fourth-order valence-corrected chi connectivity index (χ4v) is 3.07. The molecule has 0 bridgehead atoms. The molecule has 0 unspecified atom stereocenters. The van der Waals surface area contributed by atoms with Crippen LogP contribution in [0, 0.1) is 0 Å². The van der Waals surface area contributed by atoms with Crippen LogP contribution in [0.1, 0.15) is 19.3 Å². The van der Waals surface area contributed by atoms with Crippen molar-refractivity contribution in [2.45, 2.75) is 24.9 Å². The van der Waals surface area contributed by atoms with E-state index in [1.54, 1.807) is 12.4 Å². The second kappa shape index (κ2) is 7.76. The molecule has 2 fully saturated rings. The van der Waals surface area contributed by atoms with Gasteiger partial charge < -0.3 is 25.4 Å². The highest BCUT2D eigenvalue weighted by atomic mass is 16.5. The predicted octanol–water partition coefficient (Wildman–Crippen LogP) is -0.155. The number of rotatable bonds is 4. The standard InChI is InChI=1S/C16H26N6O2/c17-14(18-7-2-16(23)3-12-24-13-4-16)21-8-10-22(11-9-21)15-19-5-1-6-20-15/h1,5-6,23H,2-4,7-13H2,(H2,17,18). The van der Waals surface area contributed by atoms with Crippen LogP contribution in [0.4, 0.5) is 5.95 Å². The minimum atomic E-state index is -0.647. The van der Waals surface area contributed by atoms with Crippen molar-refractivity contribution in [2.75, 3.05) is 50.8 Å². The lowest BCUT2D eigenvalue weighted by molar-refractivity contribution is -0.0662. The molecule has 0 atom stereocenters. The van der Waals surface area contributed by atoms with E-state index in [0.717, 1.165) is 32.1 Å². The van der Waals surface area contributed by atoms with E-state index in [4.69, 9.17) is 10.5 Å². The van der Waals surface area contributed by atoms with Crippen LogP contribution in [0.3, 0.4) is 0 Å². The summed E-state index contributed by atoms with van der Waals surface area (Å²) >= 11 is 0. The van der Waals surface area contributed by atoms with E-state index in [2.05, 4.69) is 24.8 Å². The summed E-state index contributed by atoms with van der Waals surface area (Å²) in [6.45, 7) is 5.03. The van der Waals surface area contributed by atoms with Gasteiger partial charge in [0.05, 0.1) is 5.60 Å². The molecule has 0 saturated carbocycles. The molecule has 132 valence electrons. The minimum Gasteiger partial charge on any atom is -0.390 e. The summed E-state index contributed by atoms with van der Waals surface area (Å²) in [5.74, 6) is 1.31. The first kappa shape index (κ1) is 16.9. The van der Waals surface area contributed by atoms with Crippen molar-refractivity contribution < 1.29 is 9.84 Å². The largest absolute Gasteiger partial charge is 0.390 e. The van der Waals surface area contributed by atoms with Crippen molar-refractivity contribution >= 4 is 11.9 Å². The zero-order valence-corrected chi connectivity index (χ0v) is 14.0. The van der Waals surface area contributed by atoms with Crippen LogP contribution >= 0.6 is 0 Å². The number of anilines is 1. The number of aliphatic hydroxyl groups is 1. The summed E-state index contributed by atoms with van der Waals surface area (Å²) < 4.78 is 5.29. The van der Waals surface area contributed by atoms with Gasteiger partial charge in [-0.25, -0.2) is 9.97 Å². The van der Waals surface area contributed by atoms with Gasteiger partial charge in [-0.1, -0.05) is 0 Å². The van der Waals surface area contributed by atoms with E-state index in [1.807, 2.05) is 6.07 Å². The van der Waals surface area contributed by atoms with Gasteiger partial charge in [0.15, 0.2) is 5.96 Å². The highest BCUT2D eigenvalue weighted by Crippen LogP contribution is 2.24. The molecule has 3 rings (SSSR count). The number of hydrogen-bond acceptors (Lipinski definition) is 6. The Morgan fingerprint density at radius 2 is 1.88 bits per heavy atom. The van der Waals surface area contributed by atoms with E-state index in [1.165, 1.54) is 0 Å². The number of hydrogen-bond donors (Lipinski definition) is 2. The van der Waals surface area contributed by atoms with Crippen LogP contribution in [-0.2, 0) is 4.74 Å². The molecule has 8 nitrogen and oxygen atoms in total. The monoisotopic (exact) mass is 334 g/mol. The van der Waals surface area contributed by atoms with Gasteiger partial charge in [0.25, 0.3) is 0 Å². The third kappa shape index (κ3) is 4.33. The molecule has 0 aromatic carbocycles. The number of nitrogens with zero attached hydrogens (tertiary/aromatic N) is 5. The summed E-state index contributed by atoms with van der Waals surface area (Å²) in [5.41, 5.74) is 5.46. The Morgan fingerprint density at radius 3 is 2.54 bits per heavy atom. The molecule has 0 radical (unpaired) electrons. The number of aromatic nitrogens is 2. The van der Waals surface area contributed by atoms with E-state index >= 15 is 0 Å². The molecule has 2 aliphatic heterocycles. The molecular formula is C16H26N6O2. The molecule has 2 saturated heterocycles. The second-order valence-electron chi connectivity index (χ2n) is 6.35. The third-order valence-corrected chi connectivity index (χ3v) is 4.71. The van der Waals surface area contributed by atoms with Gasteiger partial charge in [-0.2, -0.15) is 0 Å². The lowest BCUT2D eigenvalue weighted by atomic mass is 9.91. The fourth-order valence-electron chi connectivity index (χ4n) is 3.07. The summed E-state index contributed by atoms with van der Waals surface area (Å²) in [7, 11) is 0. The molecule has 8 heteroatoms. The van der Waals surface area contributed by atoms with Crippen molar-refractivity contribution in [1.82, 2.24) is 14.9 Å². The van der Waals surface area contributed by atoms with E-state index < -0.39 is 5.60 Å². The van der Waals surface area contributed by atoms with Crippen molar-refractivity contribution in [3.05, 3.63) is 18.5 Å². The smallest absolute Gasteiger partial charge is 0.225 e. The van der Waals surface area contributed by atoms with Gasteiger partial charge >= 0.3 is 0 Å². The molecule has 1 aromatic heterocycles. The Bertz CT molecular complexity index is 539. The van der Waals surface area contributed by atoms with E-state index in [-0.39, 0.29) is 0 Å². The van der Waals surface area contributed by atoms with Crippen LogP contribution in [0.2, 0.25) is 0 Å². The highest BCUT2D eigenvalue weighted by Gasteiger charge is 2.29. The topological polar surface area (TPSA) is 100 Å². The number of ether oxygens (including phenoxy) is 1. The lowest BCUT2D eigenvalue weighted by Crippen LogP contribution is -2.51. The molecule has 0 amide bonds. The maximum Gasteiger partial charge on any atom is 0.225 e. The molecular weight excluding hydrogens is 308 g/mol. The Morgan fingerprint density at radius 1 is 1.21 bits per heavy atom. The first-order valence-corrected chi connectivity index (χ1v) is 8.53. The van der Waals surface area contributed by atoms with Crippen molar-refractivity contribution in [3.63, 3.8) is 0 Å². The fraction of sp³-hybridized carbons (Fsp3) is 0.688. The van der Waals surface area contributed by atoms with E-state index in [0.29, 0.717) is 45.0 Å². The molecule has 0 spiro atoms. The zero-order valence-electron chi connectivity index (χ0n) is 14.0. The molecule has 0 aliphatic carbocycles. The van der Waals surface area contributed by atoms with Gasteiger partial charge in [0.1, 0.15) is 0 Å². The quantitative estimate of drug-likeness (QED) is 0.583. The van der Waals surface area contributed by atoms with Gasteiger partial charge in [-0.15, -0.1) is 0 Å². The molecule has 3 heterocycles. The Hall–Kier alpha value is -1.93. The molecule has 2 aliphatic rings. The van der Waals surface area contributed by atoms with Gasteiger partial charge in [-0.3, -0.25) is 4.99 Å². The van der Waals surface area contributed by atoms with Crippen molar-refractivity contribution in [2.24, 2.45) is 10.7 Å². The Labute approximate surface area is 142 Å². The molecule has 1 aromatic rings. The average Bonchev–Trinajstić information content (AvgIpc) is 2.63. The lowest BCUT2D eigenvalue weighted by Gasteiger charge is -2.35. The van der Waals surface area contributed by atoms with E-state index in [9.17, 15) is 5.11 Å².